The fourth-order valence-electron chi connectivity index (χ4n) is 2.19. The molecule has 0 atom stereocenters. The van der Waals surface area contributed by atoms with Gasteiger partial charge in [0.25, 0.3) is 5.91 Å². The molecule has 0 aliphatic heterocycles. The van der Waals surface area contributed by atoms with Crippen molar-refractivity contribution in [3.8, 4) is 0 Å². The summed E-state index contributed by atoms with van der Waals surface area (Å²) < 4.78 is 0. The number of amides is 2. The first kappa shape index (κ1) is 16.7. The Kier molecular flexibility index (Phi) is 5.88. The van der Waals surface area contributed by atoms with Crippen LogP contribution in [0.5, 0.6) is 0 Å². The summed E-state index contributed by atoms with van der Waals surface area (Å²) in [5.41, 5.74) is 8.06. The van der Waals surface area contributed by atoms with E-state index < -0.39 is 0 Å². The summed E-state index contributed by atoms with van der Waals surface area (Å²) in [6, 6.07) is 14.5. The molecule has 0 heterocycles. The number of anilines is 2. The van der Waals surface area contributed by atoms with Crippen molar-refractivity contribution in [1.29, 1.82) is 0 Å². The summed E-state index contributed by atoms with van der Waals surface area (Å²) in [6.07, 6.45) is 0.986. The van der Waals surface area contributed by atoms with Gasteiger partial charge in [-0.3, -0.25) is 9.59 Å². The zero-order valence-corrected chi connectivity index (χ0v) is 13.1. The Labute approximate surface area is 135 Å². The molecule has 0 unspecified atom stereocenters. The molecule has 0 aliphatic rings. The van der Waals surface area contributed by atoms with Crippen LogP contribution in [0.2, 0.25) is 0 Å². The second-order valence-electron chi connectivity index (χ2n) is 5.26. The van der Waals surface area contributed by atoms with Crippen molar-refractivity contribution in [3.63, 3.8) is 0 Å². The van der Waals surface area contributed by atoms with E-state index in [0.717, 1.165) is 5.56 Å². The van der Waals surface area contributed by atoms with Crippen molar-refractivity contribution in [3.05, 3.63) is 59.7 Å². The molecule has 0 fully saturated rings. The van der Waals surface area contributed by atoms with Crippen LogP contribution in [0, 0.1) is 6.92 Å². The molecule has 0 bridgehead atoms. The second kappa shape index (κ2) is 8.10. The molecule has 2 rings (SSSR count). The van der Waals surface area contributed by atoms with Crippen LogP contribution in [-0.4, -0.2) is 18.4 Å². The van der Waals surface area contributed by atoms with E-state index in [0.29, 0.717) is 36.3 Å². The van der Waals surface area contributed by atoms with Crippen LogP contribution in [0.15, 0.2) is 48.5 Å². The number of nitrogens with two attached hydrogens (primary N) is 1. The Bertz CT molecular complexity index is 698. The summed E-state index contributed by atoms with van der Waals surface area (Å²) >= 11 is 0. The highest BCUT2D eigenvalue weighted by atomic mass is 16.2. The largest absolute Gasteiger partial charge is 0.330 e. The van der Waals surface area contributed by atoms with Crippen LogP contribution in [0.1, 0.15) is 28.8 Å². The zero-order chi connectivity index (χ0) is 16.7. The molecule has 0 spiro atoms. The minimum absolute atomic E-state index is 0.118. The van der Waals surface area contributed by atoms with Gasteiger partial charge >= 0.3 is 0 Å². The highest BCUT2D eigenvalue weighted by Gasteiger charge is 2.12. The van der Waals surface area contributed by atoms with Gasteiger partial charge in [0.05, 0.1) is 11.4 Å². The topological polar surface area (TPSA) is 84.2 Å². The first-order valence-corrected chi connectivity index (χ1v) is 7.57. The summed E-state index contributed by atoms with van der Waals surface area (Å²) in [6.45, 7) is 2.36. The first-order chi connectivity index (χ1) is 11.1. The minimum atomic E-state index is -0.202. The first-order valence-electron chi connectivity index (χ1n) is 7.57. The SMILES string of the molecule is Cc1ccccc1C(=O)Nc1ccccc1NC(=O)CCCN. The predicted molar refractivity (Wildman–Crippen MR) is 92.5 cm³/mol. The fourth-order valence-corrected chi connectivity index (χ4v) is 2.19. The molecule has 0 saturated carbocycles. The van der Waals surface area contributed by atoms with Gasteiger partial charge in [-0.2, -0.15) is 0 Å². The molecular formula is C18H21N3O2. The third-order valence-electron chi connectivity index (χ3n) is 3.45. The molecule has 120 valence electrons. The molecule has 0 saturated heterocycles. The van der Waals surface area contributed by atoms with Crippen LogP contribution in [0.4, 0.5) is 11.4 Å². The maximum atomic E-state index is 12.4. The van der Waals surface area contributed by atoms with Gasteiger partial charge in [-0.05, 0) is 43.7 Å². The van der Waals surface area contributed by atoms with Gasteiger partial charge < -0.3 is 16.4 Å². The number of hydrogen-bond donors (Lipinski definition) is 3. The van der Waals surface area contributed by atoms with Crippen LogP contribution in [0.25, 0.3) is 0 Å². The summed E-state index contributed by atoms with van der Waals surface area (Å²) in [7, 11) is 0. The van der Waals surface area contributed by atoms with Crippen LogP contribution >= 0.6 is 0 Å². The highest BCUT2D eigenvalue weighted by Crippen LogP contribution is 2.22. The number of carbonyl (C=O) groups is 2. The number of aryl methyl sites for hydroxylation is 1. The monoisotopic (exact) mass is 311 g/mol. The van der Waals surface area contributed by atoms with E-state index in [4.69, 9.17) is 5.73 Å². The summed E-state index contributed by atoms with van der Waals surface area (Å²) in [5.74, 6) is -0.320. The molecule has 0 aliphatic carbocycles. The van der Waals surface area contributed by atoms with E-state index >= 15 is 0 Å². The maximum Gasteiger partial charge on any atom is 0.255 e. The fraction of sp³-hybridized carbons (Fsp3) is 0.222. The Morgan fingerprint density at radius 3 is 2.22 bits per heavy atom. The van der Waals surface area contributed by atoms with Gasteiger partial charge in [0.15, 0.2) is 0 Å². The predicted octanol–water partition coefficient (Wildman–Crippen LogP) is 2.92. The quantitative estimate of drug-likeness (QED) is 0.767. The van der Waals surface area contributed by atoms with Crippen LogP contribution < -0.4 is 16.4 Å². The number of nitrogens with one attached hydrogen (secondary N) is 2. The van der Waals surface area contributed by atoms with E-state index in [1.54, 1.807) is 18.2 Å². The summed E-state index contributed by atoms with van der Waals surface area (Å²) in [4.78, 5) is 24.3. The molecule has 0 radical (unpaired) electrons. The minimum Gasteiger partial charge on any atom is -0.330 e. The van der Waals surface area contributed by atoms with E-state index in [2.05, 4.69) is 10.6 Å². The van der Waals surface area contributed by atoms with Gasteiger partial charge in [-0.15, -0.1) is 0 Å². The highest BCUT2D eigenvalue weighted by molar-refractivity contribution is 6.08. The van der Waals surface area contributed by atoms with Crippen molar-refractivity contribution in [1.82, 2.24) is 0 Å². The van der Waals surface area contributed by atoms with Gasteiger partial charge in [0, 0.05) is 12.0 Å². The van der Waals surface area contributed by atoms with Crippen molar-refractivity contribution >= 4 is 23.2 Å². The number of para-hydroxylation sites is 2. The van der Waals surface area contributed by atoms with Gasteiger partial charge in [0.1, 0.15) is 0 Å². The molecule has 2 aromatic carbocycles. The lowest BCUT2D eigenvalue weighted by atomic mass is 10.1. The van der Waals surface area contributed by atoms with Crippen LogP contribution in [0.3, 0.4) is 0 Å². The number of carbonyl (C=O) groups excluding carboxylic acids is 2. The average molecular weight is 311 g/mol. The number of hydrogen-bond acceptors (Lipinski definition) is 3. The third kappa shape index (κ3) is 4.66. The molecule has 5 nitrogen and oxygen atoms in total. The van der Waals surface area contributed by atoms with Gasteiger partial charge in [-0.25, -0.2) is 0 Å². The standard InChI is InChI=1S/C18H21N3O2/c1-13-7-2-3-8-14(13)18(23)21-16-10-5-4-9-15(16)20-17(22)11-6-12-19/h2-5,7-10H,6,11-12,19H2,1H3,(H,20,22)(H,21,23). The smallest absolute Gasteiger partial charge is 0.255 e. The zero-order valence-electron chi connectivity index (χ0n) is 13.1. The average Bonchev–Trinajstić information content (AvgIpc) is 2.55. The molecular weight excluding hydrogens is 290 g/mol. The Hall–Kier alpha value is -2.66. The molecule has 2 amide bonds. The number of benzene rings is 2. The van der Waals surface area contributed by atoms with Crippen molar-refractivity contribution in [2.45, 2.75) is 19.8 Å². The van der Waals surface area contributed by atoms with E-state index in [1.165, 1.54) is 0 Å². The Morgan fingerprint density at radius 1 is 0.957 bits per heavy atom. The molecule has 0 aromatic heterocycles. The van der Waals surface area contributed by atoms with Crippen molar-refractivity contribution < 1.29 is 9.59 Å². The molecule has 2 aromatic rings. The van der Waals surface area contributed by atoms with Gasteiger partial charge in [-0.1, -0.05) is 30.3 Å². The normalized spacial score (nSPS) is 10.2. The molecule has 4 N–H and O–H groups in total. The van der Waals surface area contributed by atoms with E-state index in [1.807, 2.05) is 37.3 Å². The lowest BCUT2D eigenvalue weighted by Gasteiger charge is -2.13. The Morgan fingerprint density at radius 2 is 1.57 bits per heavy atom. The van der Waals surface area contributed by atoms with Gasteiger partial charge in [0.2, 0.25) is 5.91 Å². The van der Waals surface area contributed by atoms with Crippen molar-refractivity contribution in [2.24, 2.45) is 5.73 Å². The third-order valence-corrected chi connectivity index (χ3v) is 3.45. The van der Waals surface area contributed by atoms with Crippen molar-refractivity contribution in [2.75, 3.05) is 17.2 Å². The number of rotatable bonds is 6. The lowest BCUT2D eigenvalue weighted by molar-refractivity contribution is -0.116. The van der Waals surface area contributed by atoms with E-state index in [-0.39, 0.29) is 11.8 Å². The Balaban J connectivity index is 2.13. The maximum absolute atomic E-state index is 12.4. The second-order valence-corrected chi connectivity index (χ2v) is 5.26. The van der Waals surface area contributed by atoms with E-state index in [9.17, 15) is 9.59 Å². The molecule has 5 heteroatoms. The molecule has 23 heavy (non-hydrogen) atoms. The lowest BCUT2D eigenvalue weighted by Crippen LogP contribution is -2.17. The summed E-state index contributed by atoms with van der Waals surface area (Å²) in [5, 5.41) is 5.66. The van der Waals surface area contributed by atoms with Crippen LogP contribution in [-0.2, 0) is 4.79 Å².